The molecule has 4 rings (SSSR count). The molecule has 6 heteroatoms. The third-order valence-electron chi connectivity index (χ3n) is 5.96. The van der Waals surface area contributed by atoms with E-state index >= 15 is 0 Å². The van der Waals surface area contributed by atoms with Gasteiger partial charge in [0.05, 0.1) is 19.8 Å². The van der Waals surface area contributed by atoms with Crippen LogP contribution in [0.1, 0.15) is 38.5 Å². The van der Waals surface area contributed by atoms with Crippen LogP contribution in [0.3, 0.4) is 0 Å². The van der Waals surface area contributed by atoms with Crippen LogP contribution in [0.15, 0.2) is 66.7 Å². The highest BCUT2D eigenvalue weighted by Crippen LogP contribution is 2.33. The van der Waals surface area contributed by atoms with Crippen LogP contribution >= 0.6 is 0 Å². The first-order chi connectivity index (χ1) is 17.0. The molecule has 0 aliphatic carbocycles. The maximum atomic E-state index is 15.0. The summed E-state index contributed by atoms with van der Waals surface area (Å²) in [6.07, 6.45) is 5.05. The number of halogens is 3. The number of hydrogen-bond donors (Lipinski definition) is 0. The van der Waals surface area contributed by atoms with Gasteiger partial charge in [0.25, 0.3) is 0 Å². The number of allylic oxidation sites excluding steroid dienone is 1. The van der Waals surface area contributed by atoms with Crippen LogP contribution < -0.4 is 4.74 Å². The van der Waals surface area contributed by atoms with Crippen molar-refractivity contribution in [2.75, 3.05) is 19.8 Å². The van der Waals surface area contributed by atoms with Gasteiger partial charge in [0.1, 0.15) is 5.82 Å². The predicted molar refractivity (Wildman–Crippen MR) is 131 cm³/mol. The van der Waals surface area contributed by atoms with Crippen LogP contribution in [0, 0.1) is 23.4 Å². The number of hydrogen-bond acceptors (Lipinski definition) is 3. The molecule has 1 fully saturated rings. The van der Waals surface area contributed by atoms with Gasteiger partial charge in [-0.2, -0.15) is 4.39 Å². The van der Waals surface area contributed by atoms with Crippen molar-refractivity contribution in [3.8, 4) is 28.0 Å². The Hall–Kier alpha value is -3.09. The molecule has 1 saturated heterocycles. The van der Waals surface area contributed by atoms with Crippen LogP contribution in [0.4, 0.5) is 13.2 Å². The lowest BCUT2D eigenvalue weighted by atomic mass is 9.98. The molecule has 0 amide bonds. The van der Waals surface area contributed by atoms with Crippen LogP contribution in [-0.4, -0.2) is 19.8 Å². The van der Waals surface area contributed by atoms with Crippen molar-refractivity contribution in [1.82, 2.24) is 0 Å². The third-order valence-corrected chi connectivity index (χ3v) is 5.96. The summed E-state index contributed by atoms with van der Waals surface area (Å²) in [5.41, 5.74) is 2.24. The molecule has 0 atom stereocenters. The lowest BCUT2D eigenvalue weighted by Crippen LogP contribution is -2.25. The van der Waals surface area contributed by atoms with E-state index in [-0.39, 0.29) is 17.2 Å². The zero-order valence-corrected chi connectivity index (χ0v) is 19.9. The van der Waals surface area contributed by atoms with E-state index in [4.69, 9.17) is 14.2 Å². The van der Waals surface area contributed by atoms with Gasteiger partial charge < -0.3 is 14.2 Å². The monoisotopic (exact) mass is 482 g/mol. The van der Waals surface area contributed by atoms with E-state index in [0.29, 0.717) is 42.1 Å². The fourth-order valence-corrected chi connectivity index (χ4v) is 4.03. The fraction of sp³-hybridized carbons (Fsp3) is 0.310. The third kappa shape index (κ3) is 5.77. The minimum atomic E-state index is -1.01. The first-order valence-corrected chi connectivity index (χ1v) is 11.9. The molecule has 0 saturated carbocycles. The van der Waals surface area contributed by atoms with Crippen LogP contribution in [-0.2, 0) is 9.47 Å². The summed E-state index contributed by atoms with van der Waals surface area (Å²) in [6.45, 7) is 5.31. The highest BCUT2D eigenvalue weighted by atomic mass is 19.2. The van der Waals surface area contributed by atoms with E-state index in [1.807, 2.05) is 26.0 Å². The Morgan fingerprint density at radius 3 is 2.17 bits per heavy atom. The molecular formula is C29H29F3O3. The largest absolute Gasteiger partial charge is 0.490 e. The SMILES string of the molecule is CC=CC1COC(c2ccc(-c3ccc(-c4ccc(OCCCC)c(F)c4F)cc3)c(F)c2)OC1. The maximum Gasteiger partial charge on any atom is 0.201 e. The molecular weight excluding hydrogens is 453 g/mol. The van der Waals surface area contributed by atoms with Gasteiger partial charge in [0.15, 0.2) is 17.9 Å². The fourth-order valence-electron chi connectivity index (χ4n) is 4.03. The molecule has 35 heavy (non-hydrogen) atoms. The molecule has 0 bridgehead atoms. The Morgan fingerprint density at radius 1 is 0.886 bits per heavy atom. The van der Waals surface area contributed by atoms with Gasteiger partial charge in [0, 0.05) is 22.6 Å². The standard InChI is InChI=1S/C29H29F3O3/c1-3-5-15-33-26-14-13-24(27(31)28(26)32)21-9-7-20(8-10-21)23-12-11-22(16-25(23)30)29-34-17-19(6-4-2)18-35-29/h4,6-14,16,19,29H,3,5,15,17-18H2,1-2H3. The summed E-state index contributed by atoms with van der Waals surface area (Å²) >= 11 is 0. The Kier molecular flexibility index (Phi) is 8.26. The summed E-state index contributed by atoms with van der Waals surface area (Å²) in [5.74, 6) is -2.28. The van der Waals surface area contributed by atoms with Crippen molar-refractivity contribution in [1.29, 1.82) is 0 Å². The van der Waals surface area contributed by atoms with Crippen molar-refractivity contribution in [3.63, 3.8) is 0 Å². The molecule has 0 radical (unpaired) electrons. The van der Waals surface area contributed by atoms with E-state index in [9.17, 15) is 13.2 Å². The molecule has 1 aliphatic heterocycles. The van der Waals surface area contributed by atoms with E-state index in [0.717, 1.165) is 12.8 Å². The first-order valence-electron chi connectivity index (χ1n) is 11.9. The molecule has 3 nitrogen and oxygen atoms in total. The average Bonchev–Trinajstić information content (AvgIpc) is 2.88. The normalized spacial score (nSPS) is 18.2. The quantitative estimate of drug-likeness (QED) is 0.242. The molecule has 1 heterocycles. The van der Waals surface area contributed by atoms with E-state index in [2.05, 4.69) is 0 Å². The van der Waals surface area contributed by atoms with Crippen LogP contribution in [0.25, 0.3) is 22.3 Å². The topological polar surface area (TPSA) is 27.7 Å². The van der Waals surface area contributed by atoms with Gasteiger partial charge in [-0.05, 0) is 42.7 Å². The smallest absolute Gasteiger partial charge is 0.201 e. The molecule has 0 spiro atoms. The summed E-state index contributed by atoms with van der Waals surface area (Å²) in [4.78, 5) is 0. The molecule has 184 valence electrons. The Morgan fingerprint density at radius 2 is 1.54 bits per heavy atom. The molecule has 0 aromatic heterocycles. The van der Waals surface area contributed by atoms with Gasteiger partial charge in [-0.1, -0.05) is 61.9 Å². The average molecular weight is 483 g/mol. The van der Waals surface area contributed by atoms with Gasteiger partial charge >= 0.3 is 0 Å². The molecule has 1 aliphatic rings. The Balaban J connectivity index is 1.49. The summed E-state index contributed by atoms with van der Waals surface area (Å²) in [7, 11) is 0. The number of unbranched alkanes of at least 4 members (excludes halogenated alkanes) is 1. The van der Waals surface area contributed by atoms with Gasteiger partial charge in [-0.25, -0.2) is 8.78 Å². The van der Waals surface area contributed by atoms with E-state index < -0.39 is 23.7 Å². The second kappa shape index (κ2) is 11.6. The second-order valence-corrected chi connectivity index (χ2v) is 8.54. The minimum Gasteiger partial charge on any atom is -0.490 e. The summed E-state index contributed by atoms with van der Waals surface area (Å²) in [6, 6.07) is 14.5. The highest BCUT2D eigenvalue weighted by molar-refractivity contribution is 5.71. The second-order valence-electron chi connectivity index (χ2n) is 8.54. The highest BCUT2D eigenvalue weighted by Gasteiger charge is 2.23. The Labute approximate surface area is 204 Å². The van der Waals surface area contributed by atoms with Crippen molar-refractivity contribution >= 4 is 0 Å². The van der Waals surface area contributed by atoms with Crippen molar-refractivity contribution < 1.29 is 27.4 Å². The lowest BCUT2D eigenvalue weighted by molar-refractivity contribution is -0.197. The number of ether oxygens (including phenoxy) is 3. The van der Waals surface area contributed by atoms with Crippen molar-refractivity contribution in [2.24, 2.45) is 5.92 Å². The van der Waals surface area contributed by atoms with Crippen LogP contribution in [0.5, 0.6) is 5.75 Å². The van der Waals surface area contributed by atoms with Crippen LogP contribution in [0.2, 0.25) is 0 Å². The van der Waals surface area contributed by atoms with Crippen molar-refractivity contribution in [3.05, 3.63) is 89.8 Å². The maximum absolute atomic E-state index is 15.0. The molecule has 3 aromatic carbocycles. The van der Waals surface area contributed by atoms with Gasteiger partial charge in [-0.3, -0.25) is 0 Å². The van der Waals surface area contributed by atoms with Gasteiger partial charge in [0.2, 0.25) is 5.82 Å². The first kappa shape index (κ1) is 25.0. The summed E-state index contributed by atoms with van der Waals surface area (Å²) in [5, 5.41) is 0. The Bertz CT molecular complexity index is 1170. The zero-order chi connectivity index (χ0) is 24.8. The summed E-state index contributed by atoms with van der Waals surface area (Å²) < 4.78 is 60.9. The molecule has 0 N–H and O–H groups in total. The number of rotatable bonds is 8. The minimum absolute atomic E-state index is 0.0956. The van der Waals surface area contributed by atoms with Crippen molar-refractivity contribution in [2.45, 2.75) is 33.0 Å². The molecule has 0 unspecified atom stereocenters. The van der Waals surface area contributed by atoms with E-state index in [1.165, 1.54) is 18.2 Å². The van der Waals surface area contributed by atoms with Gasteiger partial charge in [-0.15, -0.1) is 0 Å². The predicted octanol–water partition coefficient (Wildman–Crippen LogP) is 7.85. The molecule has 3 aromatic rings. The zero-order valence-electron chi connectivity index (χ0n) is 19.9. The number of benzene rings is 3. The lowest BCUT2D eigenvalue weighted by Gasteiger charge is -2.28. The van der Waals surface area contributed by atoms with E-state index in [1.54, 1.807) is 36.4 Å².